The summed E-state index contributed by atoms with van der Waals surface area (Å²) < 4.78 is 26.8. The predicted molar refractivity (Wildman–Crippen MR) is 98.0 cm³/mol. The van der Waals surface area contributed by atoms with E-state index < -0.39 is 27.4 Å². The molecule has 2 rings (SSSR count). The normalized spacial score (nSPS) is 11.2. The minimum absolute atomic E-state index is 0.0606. The first kappa shape index (κ1) is 20.0. The predicted octanol–water partition coefficient (Wildman–Crippen LogP) is 2.89. The van der Waals surface area contributed by atoms with Crippen LogP contribution in [0, 0.1) is 17.0 Å². The number of carbonyl (C=O) groups excluding carboxylic acids is 1. The number of nitro groups is 1. The van der Waals surface area contributed by atoms with Gasteiger partial charge in [0.05, 0.1) is 15.6 Å². The molecular formula is C15H13Cl2N3O5S. The van der Waals surface area contributed by atoms with E-state index in [0.717, 1.165) is 16.4 Å². The Morgan fingerprint density at radius 2 is 1.88 bits per heavy atom. The van der Waals surface area contributed by atoms with Crippen molar-refractivity contribution in [3.8, 4) is 0 Å². The number of amides is 1. The van der Waals surface area contributed by atoms with E-state index >= 15 is 0 Å². The number of hydrogen-bond acceptors (Lipinski definition) is 5. The zero-order chi connectivity index (χ0) is 19.6. The van der Waals surface area contributed by atoms with E-state index in [-0.39, 0.29) is 31.9 Å². The number of hydrogen-bond donors (Lipinski definition) is 1. The first-order valence-corrected chi connectivity index (χ1v) is 9.24. The van der Waals surface area contributed by atoms with Crippen molar-refractivity contribution in [2.45, 2.75) is 11.8 Å². The van der Waals surface area contributed by atoms with Crippen LogP contribution in [0.5, 0.6) is 0 Å². The van der Waals surface area contributed by atoms with E-state index in [9.17, 15) is 23.3 Å². The van der Waals surface area contributed by atoms with Crippen molar-refractivity contribution in [2.75, 3.05) is 10.8 Å². The first-order chi connectivity index (χ1) is 12.0. The van der Waals surface area contributed by atoms with Gasteiger partial charge in [-0.3, -0.25) is 19.2 Å². The lowest BCUT2D eigenvalue weighted by Crippen LogP contribution is -2.39. The molecule has 0 bridgehead atoms. The number of primary amides is 1. The number of benzene rings is 2. The molecule has 138 valence electrons. The highest BCUT2D eigenvalue weighted by Crippen LogP contribution is 2.33. The van der Waals surface area contributed by atoms with E-state index in [1.807, 2.05) is 0 Å². The summed E-state index contributed by atoms with van der Waals surface area (Å²) in [6, 6.07) is 7.42. The Labute approximate surface area is 159 Å². The molecule has 0 fully saturated rings. The summed E-state index contributed by atoms with van der Waals surface area (Å²) >= 11 is 11.8. The van der Waals surface area contributed by atoms with Gasteiger partial charge in [-0.1, -0.05) is 23.2 Å². The number of nitro benzene ring substituents is 1. The van der Waals surface area contributed by atoms with Gasteiger partial charge in [-0.2, -0.15) is 0 Å². The highest BCUT2D eigenvalue weighted by atomic mass is 35.5. The third kappa shape index (κ3) is 4.06. The highest BCUT2D eigenvalue weighted by molar-refractivity contribution is 7.93. The second-order valence-electron chi connectivity index (χ2n) is 5.28. The average molecular weight is 418 g/mol. The van der Waals surface area contributed by atoms with Crippen molar-refractivity contribution in [3.63, 3.8) is 0 Å². The van der Waals surface area contributed by atoms with Crippen LogP contribution in [0.2, 0.25) is 10.0 Å². The van der Waals surface area contributed by atoms with Crippen molar-refractivity contribution in [2.24, 2.45) is 5.73 Å². The third-order valence-electron chi connectivity index (χ3n) is 3.42. The van der Waals surface area contributed by atoms with Crippen LogP contribution in [0.4, 0.5) is 11.4 Å². The number of anilines is 1. The molecule has 8 nitrogen and oxygen atoms in total. The Morgan fingerprint density at radius 1 is 1.23 bits per heavy atom. The van der Waals surface area contributed by atoms with Crippen LogP contribution < -0.4 is 10.0 Å². The van der Waals surface area contributed by atoms with E-state index in [1.165, 1.54) is 31.2 Å². The number of halogens is 2. The molecule has 0 aromatic heterocycles. The number of nitrogens with zero attached hydrogens (tertiary/aromatic N) is 2. The minimum Gasteiger partial charge on any atom is -0.368 e. The van der Waals surface area contributed by atoms with Gasteiger partial charge in [-0.15, -0.1) is 0 Å². The fraction of sp³-hybridized carbons (Fsp3) is 0.133. The molecule has 0 saturated heterocycles. The molecule has 2 aromatic rings. The van der Waals surface area contributed by atoms with Crippen molar-refractivity contribution < 1.29 is 18.1 Å². The Hall–Kier alpha value is -2.36. The smallest absolute Gasteiger partial charge is 0.269 e. The van der Waals surface area contributed by atoms with Gasteiger partial charge in [-0.05, 0) is 36.8 Å². The van der Waals surface area contributed by atoms with Gasteiger partial charge >= 0.3 is 0 Å². The van der Waals surface area contributed by atoms with Gasteiger partial charge < -0.3 is 5.73 Å². The van der Waals surface area contributed by atoms with Crippen LogP contribution in [0.25, 0.3) is 0 Å². The molecule has 1 amide bonds. The first-order valence-electron chi connectivity index (χ1n) is 7.05. The third-order valence-corrected chi connectivity index (χ3v) is 5.90. The summed E-state index contributed by atoms with van der Waals surface area (Å²) in [5.41, 5.74) is 5.30. The van der Waals surface area contributed by atoms with Gasteiger partial charge in [0.25, 0.3) is 15.7 Å². The quantitative estimate of drug-likeness (QED) is 0.571. The standard InChI is InChI=1S/C15H13Cl2N3O5S/c1-9-6-11(20(22)23)3-5-13(9)19(8-15(18)21)26(24,25)14-7-10(16)2-4-12(14)17/h2-7H,8H2,1H3,(H2,18,21). The Kier molecular flexibility index (Phi) is 5.74. The van der Waals surface area contributed by atoms with Crippen LogP contribution in [0.15, 0.2) is 41.3 Å². The maximum atomic E-state index is 13.1. The molecule has 26 heavy (non-hydrogen) atoms. The Morgan fingerprint density at radius 3 is 2.42 bits per heavy atom. The molecule has 0 saturated carbocycles. The number of aryl methyl sites for hydroxylation is 1. The fourth-order valence-corrected chi connectivity index (χ4v) is 4.50. The summed E-state index contributed by atoms with van der Waals surface area (Å²) in [7, 11) is -4.31. The van der Waals surface area contributed by atoms with Crippen molar-refractivity contribution in [1.29, 1.82) is 0 Å². The largest absolute Gasteiger partial charge is 0.368 e. The van der Waals surface area contributed by atoms with Crippen LogP contribution in [0.3, 0.4) is 0 Å². The number of nitrogens with two attached hydrogens (primary N) is 1. The molecule has 11 heteroatoms. The molecule has 0 heterocycles. The number of rotatable bonds is 6. The highest BCUT2D eigenvalue weighted by Gasteiger charge is 2.30. The lowest BCUT2D eigenvalue weighted by Gasteiger charge is -2.25. The molecule has 0 spiro atoms. The average Bonchev–Trinajstić information content (AvgIpc) is 2.54. The van der Waals surface area contributed by atoms with E-state index in [1.54, 1.807) is 0 Å². The van der Waals surface area contributed by atoms with Gasteiger partial charge in [0, 0.05) is 17.2 Å². The fourth-order valence-electron chi connectivity index (χ4n) is 2.27. The monoisotopic (exact) mass is 417 g/mol. The van der Waals surface area contributed by atoms with Crippen molar-refractivity contribution in [3.05, 3.63) is 62.1 Å². The van der Waals surface area contributed by atoms with Crippen LogP contribution in [-0.2, 0) is 14.8 Å². The summed E-state index contributed by atoms with van der Waals surface area (Å²) in [4.78, 5) is 21.4. The molecule has 2 aromatic carbocycles. The van der Waals surface area contributed by atoms with Gasteiger partial charge in [0.15, 0.2) is 0 Å². The molecule has 2 N–H and O–H groups in total. The summed E-state index contributed by atoms with van der Waals surface area (Å²) in [5.74, 6) is -0.913. The molecule has 0 aliphatic rings. The lowest BCUT2D eigenvalue weighted by molar-refractivity contribution is -0.384. The lowest BCUT2D eigenvalue weighted by atomic mass is 10.2. The molecule has 0 atom stereocenters. The van der Waals surface area contributed by atoms with Crippen LogP contribution in [0.1, 0.15) is 5.56 Å². The van der Waals surface area contributed by atoms with E-state index in [2.05, 4.69) is 0 Å². The van der Waals surface area contributed by atoms with Gasteiger partial charge in [0.1, 0.15) is 11.4 Å². The Balaban J connectivity index is 2.66. The summed E-state index contributed by atoms with van der Waals surface area (Å²) in [6.45, 7) is 0.801. The molecule has 0 unspecified atom stereocenters. The van der Waals surface area contributed by atoms with E-state index in [0.29, 0.717) is 0 Å². The number of non-ortho nitro benzene ring substituents is 1. The topological polar surface area (TPSA) is 124 Å². The van der Waals surface area contributed by atoms with Gasteiger partial charge in [-0.25, -0.2) is 8.42 Å². The Bertz CT molecular complexity index is 995. The summed E-state index contributed by atoms with van der Waals surface area (Å²) in [5, 5.41) is 10.9. The number of sulfonamides is 1. The SMILES string of the molecule is Cc1cc([N+](=O)[O-])ccc1N(CC(N)=O)S(=O)(=O)c1cc(Cl)ccc1Cl. The molecule has 0 aliphatic carbocycles. The number of carbonyl (C=O) groups is 1. The maximum absolute atomic E-state index is 13.1. The zero-order valence-corrected chi connectivity index (χ0v) is 15.7. The van der Waals surface area contributed by atoms with Gasteiger partial charge in [0.2, 0.25) is 5.91 Å². The van der Waals surface area contributed by atoms with Crippen LogP contribution in [-0.4, -0.2) is 25.8 Å². The maximum Gasteiger partial charge on any atom is 0.269 e. The van der Waals surface area contributed by atoms with Crippen molar-refractivity contribution >= 4 is 50.5 Å². The molecule has 0 radical (unpaired) electrons. The molecular weight excluding hydrogens is 405 g/mol. The minimum atomic E-state index is -4.31. The molecule has 0 aliphatic heterocycles. The summed E-state index contributed by atoms with van der Waals surface area (Å²) in [6.07, 6.45) is 0. The van der Waals surface area contributed by atoms with E-state index in [4.69, 9.17) is 28.9 Å². The zero-order valence-electron chi connectivity index (χ0n) is 13.3. The van der Waals surface area contributed by atoms with Crippen molar-refractivity contribution in [1.82, 2.24) is 0 Å². The van der Waals surface area contributed by atoms with Crippen LogP contribution >= 0.6 is 23.2 Å². The second-order valence-corrected chi connectivity index (χ2v) is 7.96. The second kappa shape index (κ2) is 7.48.